The summed E-state index contributed by atoms with van der Waals surface area (Å²) in [5, 5.41) is 25.3. The molecule has 12 aromatic rings. The van der Waals surface area contributed by atoms with E-state index >= 15 is 0 Å². The number of aryl methyl sites for hydroxylation is 12. The second-order valence-corrected chi connectivity index (χ2v) is 15.7. The highest BCUT2D eigenvalue weighted by Gasteiger charge is 2.06. The Morgan fingerprint density at radius 3 is 1.50 bits per heavy atom. The van der Waals surface area contributed by atoms with Gasteiger partial charge < -0.3 is 4.40 Å². The molecule has 0 atom stereocenters. The number of pyridine rings is 1. The first-order valence-electron chi connectivity index (χ1n) is 27.5. The van der Waals surface area contributed by atoms with Crippen LogP contribution in [0, 0.1) is 83.1 Å². The maximum absolute atomic E-state index is 4.38. The van der Waals surface area contributed by atoms with Gasteiger partial charge in [0.2, 0.25) is 0 Å². The van der Waals surface area contributed by atoms with Crippen molar-refractivity contribution in [3.63, 3.8) is 0 Å². The molecule has 0 unspecified atom stereocenters. The van der Waals surface area contributed by atoms with E-state index in [0.29, 0.717) is 0 Å². The Kier molecular flexibility index (Phi) is 31.2. The first-order valence-corrected chi connectivity index (χ1v) is 27.5. The van der Waals surface area contributed by atoms with Crippen LogP contribution in [0.2, 0.25) is 0 Å². The summed E-state index contributed by atoms with van der Waals surface area (Å²) < 4.78 is 11.0. The number of rotatable bonds is 0. The second-order valence-electron chi connectivity index (χ2n) is 15.7. The Balaban J connectivity index is 0.000000450. The molecule has 0 aliphatic rings. The molecule has 12 heterocycles. The molecule has 0 spiro atoms. The van der Waals surface area contributed by atoms with Gasteiger partial charge in [0.05, 0.1) is 62.6 Å². The van der Waals surface area contributed by atoms with Crippen LogP contribution < -0.4 is 0 Å². The molecule has 0 aliphatic heterocycles. The average molecular weight is 1060 g/mol. The molecule has 12 rings (SSSR count). The first kappa shape index (κ1) is 67.8. The van der Waals surface area contributed by atoms with Gasteiger partial charge in [0.25, 0.3) is 0 Å². The lowest BCUT2D eigenvalue weighted by molar-refractivity contribution is 0.787. The minimum absolute atomic E-state index is 0.919. The van der Waals surface area contributed by atoms with Crippen molar-refractivity contribution in [3.05, 3.63) is 185 Å². The number of imidazole rings is 2. The van der Waals surface area contributed by atoms with Crippen LogP contribution in [0.5, 0.6) is 0 Å². The van der Waals surface area contributed by atoms with Crippen molar-refractivity contribution in [2.75, 3.05) is 0 Å². The molecule has 0 aromatic carbocycles. The average Bonchev–Trinajstić information content (AvgIpc) is 4.30. The Hall–Kier alpha value is -8.21. The van der Waals surface area contributed by atoms with Crippen LogP contribution in [0.3, 0.4) is 0 Å². The third kappa shape index (κ3) is 18.0. The maximum Gasteiger partial charge on any atom is 0.158 e. The van der Waals surface area contributed by atoms with Gasteiger partial charge in [0, 0.05) is 60.8 Å². The molecule has 0 fully saturated rings. The first-order chi connectivity index (χ1) is 37.7. The molecule has 0 saturated carbocycles. The smallest absolute Gasteiger partial charge is 0.158 e. The Labute approximate surface area is 464 Å². The monoisotopic (exact) mass is 1060 g/mol. The fourth-order valence-corrected chi connectivity index (χ4v) is 6.87. The number of hydrogen-bond donors (Lipinski definition) is 0. The fourth-order valence-electron chi connectivity index (χ4n) is 6.87. The largest absolute Gasteiger partial charge is 0.304 e. The van der Waals surface area contributed by atoms with E-state index in [1.807, 2.05) is 227 Å². The minimum atomic E-state index is 0.919. The lowest BCUT2D eigenvalue weighted by atomic mass is 10.2. The van der Waals surface area contributed by atoms with Crippen molar-refractivity contribution in [1.82, 2.24) is 82.6 Å². The van der Waals surface area contributed by atoms with E-state index < -0.39 is 0 Å². The van der Waals surface area contributed by atoms with Gasteiger partial charge in [-0.3, -0.25) is 4.98 Å². The molecular weight excluding hydrogens is 971 g/mol. The van der Waals surface area contributed by atoms with Crippen LogP contribution in [0.15, 0.2) is 117 Å². The summed E-state index contributed by atoms with van der Waals surface area (Å²) in [5.74, 6) is 0. The molecule has 78 heavy (non-hydrogen) atoms. The van der Waals surface area contributed by atoms with Gasteiger partial charge in [-0.15, -0.1) is 0 Å². The van der Waals surface area contributed by atoms with Gasteiger partial charge in [-0.25, -0.2) is 38.0 Å². The van der Waals surface area contributed by atoms with Crippen LogP contribution in [-0.2, 0) is 0 Å². The van der Waals surface area contributed by atoms with Crippen LogP contribution in [0.25, 0.3) is 33.5 Å². The van der Waals surface area contributed by atoms with Crippen LogP contribution in [0.1, 0.15) is 151 Å². The molecule has 0 saturated heterocycles. The highest BCUT2D eigenvalue weighted by atomic mass is 15.4. The number of aromatic nitrogens is 17. The second kappa shape index (κ2) is 35.9. The van der Waals surface area contributed by atoms with Crippen molar-refractivity contribution >= 4 is 33.5 Å². The van der Waals surface area contributed by atoms with Gasteiger partial charge in [-0.2, -0.15) is 35.2 Å². The summed E-state index contributed by atoms with van der Waals surface area (Å²) in [7, 11) is 0. The van der Waals surface area contributed by atoms with E-state index in [9.17, 15) is 0 Å². The zero-order chi connectivity index (χ0) is 59.1. The molecule has 0 amide bonds. The minimum Gasteiger partial charge on any atom is -0.304 e. The number of nitrogens with zero attached hydrogens (tertiary/aromatic N) is 17. The summed E-state index contributed by atoms with van der Waals surface area (Å²) in [6, 6.07) is 17.6. The molecule has 0 radical (unpaired) electrons. The normalized spacial score (nSPS) is 9.54. The van der Waals surface area contributed by atoms with Gasteiger partial charge >= 0.3 is 0 Å². The Morgan fingerprint density at radius 1 is 0.359 bits per heavy atom. The van der Waals surface area contributed by atoms with E-state index in [2.05, 4.69) is 87.6 Å². The van der Waals surface area contributed by atoms with Crippen LogP contribution in [0.4, 0.5) is 0 Å². The van der Waals surface area contributed by atoms with Crippen LogP contribution >= 0.6 is 0 Å². The van der Waals surface area contributed by atoms with Crippen LogP contribution in [-0.4, -0.2) is 82.6 Å². The van der Waals surface area contributed by atoms with Crippen molar-refractivity contribution in [2.45, 2.75) is 166 Å². The zero-order valence-corrected chi connectivity index (χ0v) is 51.6. The molecule has 0 bridgehead atoms. The topological polar surface area (TPSA) is 168 Å². The highest BCUT2D eigenvalue weighted by molar-refractivity contribution is 5.55. The summed E-state index contributed by atoms with van der Waals surface area (Å²) in [5.41, 5.74) is 19.7. The van der Waals surface area contributed by atoms with E-state index in [1.165, 1.54) is 22.4 Å². The predicted octanol–water partition coefficient (Wildman–Crippen LogP) is 14.8. The van der Waals surface area contributed by atoms with Gasteiger partial charge in [-0.05, 0) is 148 Å². The number of fused-ring (bicyclic) bond motifs is 6. The highest BCUT2D eigenvalue weighted by Crippen LogP contribution is 2.14. The third-order valence-electron chi connectivity index (χ3n) is 11.5. The summed E-state index contributed by atoms with van der Waals surface area (Å²) >= 11 is 0. The SMILES string of the molecule is CC.CC.CC.CC.CC.CC.Cc1nc2ccccn2c1C.Cc1nc2cccnn2c1C.Cc1nn2cccnc2c1C.Cc1nn2ccncc2c1C.Cc1nn2cnccc2c1C.Cc1nn2ncccc2c1C. The maximum atomic E-state index is 4.38. The molecule has 17 heteroatoms. The van der Waals surface area contributed by atoms with E-state index in [0.717, 1.165) is 78.9 Å². The summed E-state index contributed by atoms with van der Waals surface area (Å²) in [4.78, 5) is 20.9. The summed E-state index contributed by atoms with van der Waals surface area (Å²) in [6.07, 6.45) is 18.1. The zero-order valence-electron chi connectivity index (χ0n) is 51.6. The lowest BCUT2D eigenvalue weighted by Gasteiger charge is -1.92. The van der Waals surface area contributed by atoms with Crippen molar-refractivity contribution in [1.29, 1.82) is 0 Å². The number of hydrogen-bond acceptors (Lipinski definition) is 11. The van der Waals surface area contributed by atoms with Gasteiger partial charge in [0.1, 0.15) is 12.0 Å². The standard InChI is InChI=1S/C9H10N2.5C8H9N3.6C2H6/c1-7-8(2)11-6-4-3-5-9(11)10-7;1-6-7(2)10-11-4-3-9-5-8(6)11;1-6-7(2)10-11-5-9-4-3-8(6)11;1-6-7(2)10-11-5-3-4-9-8(6)11;1-6-7(2)11-8(10-6)4-3-5-9-11;1-6-7(2)10-11-8(6)4-3-5-9-11;6*1-2/h3-6H,1-2H3;5*3-5H,1-2H3;6*1-2H3. The van der Waals surface area contributed by atoms with Crippen molar-refractivity contribution in [2.24, 2.45) is 0 Å². The Bertz CT molecular complexity index is 2940. The molecule has 420 valence electrons. The Morgan fingerprint density at radius 2 is 0.897 bits per heavy atom. The van der Waals surface area contributed by atoms with Gasteiger partial charge in [-0.1, -0.05) is 89.2 Å². The lowest BCUT2D eigenvalue weighted by Crippen LogP contribution is -1.91. The van der Waals surface area contributed by atoms with Crippen molar-refractivity contribution in [3.8, 4) is 0 Å². The molecule has 0 aliphatic carbocycles. The molecule has 12 aromatic heterocycles. The molecule has 17 nitrogen and oxygen atoms in total. The van der Waals surface area contributed by atoms with E-state index in [4.69, 9.17) is 0 Å². The molecule has 0 N–H and O–H groups in total. The van der Waals surface area contributed by atoms with E-state index in [-0.39, 0.29) is 0 Å². The summed E-state index contributed by atoms with van der Waals surface area (Å²) in [6.45, 7) is 48.3. The quantitative estimate of drug-likeness (QED) is 0.142. The van der Waals surface area contributed by atoms with E-state index in [1.54, 1.807) is 51.0 Å². The van der Waals surface area contributed by atoms with Crippen molar-refractivity contribution < 1.29 is 0 Å². The predicted molar refractivity (Wildman–Crippen MR) is 325 cm³/mol. The third-order valence-corrected chi connectivity index (χ3v) is 11.5. The molecular formula is C61H91N17. The van der Waals surface area contributed by atoms with Gasteiger partial charge in [0.15, 0.2) is 11.3 Å². The fraction of sp³-hybridized carbons (Fsp3) is 0.393.